The SMILES string of the molecule is CCCCN(C(=O)C(CCC(N)=O)NC(=O)OC(C)(C)C)C(C(=O)NC(C)C)c1ccc(O)cc1. The largest absolute Gasteiger partial charge is 0.508 e. The number of unbranched alkanes of at least 4 members (excludes halogenated alkanes) is 1. The van der Waals surface area contributed by atoms with E-state index in [0.717, 1.165) is 6.42 Å². The van der Waals surface area contributed by atoms with Gasteiger partial charge in [-0.3, -0.25) is 14.4 Å². The molecule has 0 heterocycles. The van der Waals surface area contributed by atoms with Crippen LogP contribution < -0.4 is 16.4 Å². The lowest BCUT2D eigenvalue weighted by atomic mass is 10.0. The Labute approximate surface area is 207 Å². The number of phenols is 1. The van der Waals surface area contributed by atoms with E-state index in [-0.39, 0.29) is 31.2 Å². The van der Waals surface area contributed by atoms with Gasteiger partial charge in [-0.25, -0.2) is 4.79 Å². The van der Waals surface area contributed by atoms with Crippen LogP contribution in [0.25, 0.3) is 0 Å². The average Bonchev–Trinajstić information content (AvgIpc) is 2.72. The van der Waals surface area contributed by atoms with Gasteiger partial charge in [-0.15, -0.1) is 0 Å². The fourth-order valence-corrected chi connectivity index (χ4v) is 3.38. The number of benzene rings is 1. The zero-order valence-electron chi connectivity index (χ0n) is 21.6. The second kappa shape index (κ2) is 13.6. The molecule has 1 aromatic carbocycles. The Morgan fingerprint density at radius 2 is 1.69 bits per heavy atom. The van der Waals surface area contributed by atoms with Crippen molar-refractivity contribution >= 4 is 23.8 Å². The summed E-state index contributed by atoms with van der Waals surface area (Å²) in [5, 5.41) is 15.1. The molecule has 0 saturated heterocycles. The Kier molecular flexibility index (Phi) is 11.5. The van der Waals surface area contributed by atoms with Crippen LogP contribution in [0.3, 0.4) is 0 Å². The van der Waals surface area contributed by atoms with Gasteiger partial charge in [0.15, 0.2) is 0 Å². The van der Waals surface area contributed by atoms with Gasteiger partial charge in [-0.05, 0) is 65.2 Å². The maximum Gasteiger partial charge on any atom is 0.408 e. The Bertz CT molecular complexity index is 864. The summed E-state index contributed by atoms with van der Waals surface area (Å²) in [5.41, 5.74) is 5.00. The lowest BCUT2D eigenvalue weighted by molar-refractivity contribution is -0.143. The van der Waals surface area contributed by atoms with Gasteiger partial charge in [0, 0.05) is 19.0 Å². The highest BCUT2D eigenvalue weighted by molar-refractivity contribution is 5.92. The minimum atomic E-state index is -1.14. The fraction of sp³-hybridized carbons (Fsp3) is 0.600. The highest BCUT2D eigenvalue weighted by Crippen LogP contribution is 2.26. The highest BCUT2D eigenvalue weighted by Gasteiger charge is 2.36. The maximum atomic E-state index is 13.8. The summed E-state index contributed by atoms with van der Waals surface area (Å²) >= 11 is 0. The lowest BCUT2D eigenvalue weighted by Gasteiger charge is -2.35. The van der Waals surface area contributed by atoms with Crippen molar-refractivity contribution in [2.45, 2.75) is 91.0 Å². The summed E-state index contributed by atoms with van der Waals surface area (Å²) < 4.78 is 5.30. The topological polar surface area (TPSA) is 151 Å². The molecule has 10 nitrogen and oxygen atoms in total. The van der Waals surface area contributed by atoms with E-state index in [2.05, 4.69) is 10.6 Å². The molecule has 196 valence electrons. The van der Waals surface area contributed by atoms with Crippen molar-refractivity contribution in [1.29, 1.82) is 0 Å². The first kappa shape index (κ1) is 29.7. The number of ether oxygens (including phenoxy) is 1. The van der Waals surface area contributed by atoms with E-state index in [9.17, 15) is 24.3 Å². The highest BCUT2D eigenvalue weighted by atomic mass is 16.6. The van der Waals surface area contributed by atoms with E-state index < -0.39 is 41.5 Å². The third kappa shape index (κ3) is 10.7. The van der Waals surface area contributed by atoms with Gasteiger partial charge in [0.2, 0.25) is 17.7 Å². The molecule has 0 fully saturated rings. The van der Waals surface area contributed by atoms with Crippen LogP contribution in [0.5, 0.6) is 5.75 Å². The zero-order valence-corrected chi connectivity index (χ0v) is 21.6. The minimum absolute atomic E-state index is 0.0223. The number of nitrogens with zero attached hydrogens (tertiary/aromatic N) is 1. The second-order valence-electron chi connectivity index (χ2n) is 9.75. The number of amides is 4. The number of hydrogen-bond acceptors (Lipinski definition) is 6. The van der Waals surface area contributed by atoms with Gasteiger partial charge in [0.25, 0.3) is 0 Å². The van der Waals surface area contributed by atoms with Gasteiger partial charge in [-0.2, -0.15) is 0 Å². The minimum Gasteiger partial charge on any atom is -0.508 e. The van der Waals surface area contributed by atoms with Crippen molar-refractivity contribution in [3.05, 3.63) is 29.8 Å². The molecule has 5 N–H and O–H groups in total. The predicted octanol–water partition coefficient (Wildman–Crippen LogP) is 2.75. The maximum absolute atomic E-state index is 13.8. The molecule has 0 saturated carbocycles. The number of primary amides is 1. The van der Waals surface area contributed by atoms with E-state index in [1.807, 2.05) is 20.8 Å². The first-order chi connectivity index (χ1) is 16.2. The molecule has 0 spiro atoms. The molecule has 2 atom stereocenters. The van der Waals surface area contributed by atoms with Crippen molar-refractivity contribution in [3.8, 4) is 5.75 Å². The average molecular weight is 493 g/mol. The van der Waals surface area contributed by atoms with Crippen molar-refractivity contribution in [2.75, 3.05) is 6.54 Å². The van der Waals surface area contributed by atoms with Crippen LogP contribution in [0.2, 0.25) is 0 Å². The number of rotatable bonds is 12. The summed E-state index contributed by atoms with van der Waals surface area (Å²) in [6.07, 6.45) is 0.344. The molecule has 2 unspecified atom stereocenters. The number of carbonyl (C=O) groups is 4. The van der Waals surface area contributed by atoms with Crippen LogP contribution in [-0.4, -0.2) is 58.1 Å². The van der Waals surface area contributed by atoms with Gasteiger partial charge >= 0.3 is 6.09 Å². The number of nitrogens with one attached hydrogen (secondary N) is 2. The fourth-order valence-electron chi connectivity index (χ4n) is 3.38. The number of nitrogens with two attached hydrogens (primary N) is 1. The van der Waals surface area contributed by atoms with E-state index in [1.165, 1.54) is 17.0 Å². The van der Waals surface area contributed by atoms with Crippen molar-refractivity contribution in [1.82, 2.24) is 15.5 Å². The molecule has 0 radical (unpaired) electrons. The third-order valence-electron chi connectivity index (χ3n) is 4.90. The number of alkyl carbamates (subject to hydrolysis) is 1. The molecule has 10 heteroatoms. The van der Waals surface area contributed by atoms with Gasteiger partial charge < -0.3 is 31.1 Å². The van der Waals surface area contributed by atoms with Crippen LogP contribution in [0.4, 0.5) is 4.79 Å². The van der Waals surface area contributed by atoms with Crippen molar-refractivity contribution in [3.63, 3.8) is 0 Å². The molecule has 1 aromatic rings. The Balaban J connectivity index is 3.44. The van der Waals surface area contributed by atoms with Crippen LogP contribution in [0.15, 0.2) is 24.3 Å². The van der Waals surface area contributed by atoms with Gasteiger partial charge in [0.1, 0.15) is 23.4 Å². The van der Waals surface area contributed by atoms with Crippen LogP contribution >= 0.6 is 0 Å². The standard InChI is InChI=1S/C25H40N4O6/c1-7-8-15-29(21(22(32)27-16(2)3)17-9-11-18(30)12-10-17)23(33)19(13-14-20(26)31)28-24(34)35-25(4,5)6/h9-12,16,19,21,30H,7-8,13-15H2,1-6H3,(H2,26,31)(H,27,32)(H,28,34). The molecule has 35 heavy (non-hydrogen) atoms. The van der Waals surface area contributed by atoms with Gasteiger partial charge in [0.05, 0.1) is 0 Å². The number of hydrogen-bond donors (Lipinski definition) is 4. The quantitative estimate of drug-likeness (QED) is 0.352. The normalized spacial score (nSPS) is 13.0. The van der Waals surface area contributed by atoms with E-state index in [0.29, 0.717) is 12.0 Å². The molecule has 0 aliphatic heterocycles. The van der Waals surface area contributed by atoms with Crippen LogP contribution in [0, 0.1) is 0 Å². The molecule has 1 rings (SSSR count). The summed E-state index contributed by atoms with van der Waals surface area (Å²) in [6, 6.07) is 3.69. The predicted molar refractivity (Wildman–Crippen MR) is 132 cm³/mol. The van der Waals surface area contributed by atoms with E-state index in [4.69, 9.17) is 10.5 Å². The zero-order chi connectivity index (χ0) is 26.8. The van der Waals surface area contributed by atoms with Crippen LogP contribution in [-0.2, 0) is 19.1 Å². The number of aromatic hydroxyl groups is 1. The van der Waals surface area contributed by atoms with E-state index >= 15 is 0 Å². The Morgan fingerprint density at radius 1 is 1.09 bits per heavy atom. The number of carbonyl (C=O) groups excluding carboxylic acids is 4. The van der Waals surface area contributed by atoms with Crippen molar-refractivity contribution in [2.24, 2.45) is 5.73 Å². The molecule has 0 aromatic heterocycles. The molecule has 0 aliphatic carbocycles. The van der Waals surface area contributed by atoms with Gasteiger partial charge in [-0.1, -0.05) is 25.5 Å². The first-order valence-electron chi connectivity index (χ1n) is 11.9. The summed E-state index contributed by atoms with van der Waals surface area (Å²) in [4.78, 5) is 52.5. The van der Waals surface area contributed by atoms with Crippen LogP contribution in [0.1, 0.15) is 78.8 Å². The third-order valence-corrected chi connectivity index (χ3v) is 4.90. The summed E-state index contributed by atoms with van der Waals surface area (Å²) in [5.74, 6) is -1.54. The summed E-state index contributed by atoms with van der Waals surface area (Å²) in [7, 11) is 0. The summed E-state index contributed by atoms with van der Waals surface area (Å²) in [6.45, 7) is 10.9. The number of phenolic OH excluding ortho intramolecular Hbond substituents is 1. The molecular formula is C25H40N4O6. The first-order valence-corrected chi connectivity index (χ1v) is 11.9. The molecule has 0 bridgehead atoms. The monoisotopic (exact) mass is 492 g/mol. The Hall–Kier alpha value is -3.30. The molecule has 4 amide bonds. The smallest absolute Gasteiger partial charge is 0.408 e. The second-order valence-corrected chi connectivity index (χ2v) is 9.75. The lowest BCUT2D eigenvalue weighted by Crippen LogP contribution is -2.53. The molecular weight excluding hydrogens is 452 g/mol. The Morgan fingerprint density at radius 3 is 2.17 bits per heavy atom. The van der Waals surface area contributed by atoms with E-state index in [1.54, 1.807) is 32.9 Å². The van der Waals surface area contributed by atoms with Crippen molar-refractivity contribution < 1.29 is 29.0 Å². The molecule has 0 aliphatic rings.